The van der Waals surface area contributed by atoms with E-state index >= 15 is 0 Å². The fourth-order valence-corrected chi connectivity index (χ4v) is 2.17. The molecule has 0 bridgehead atoms. The van der Waals surface area contributed by atoms with Crippen molar-refractivity contribution in [1.82, 2.24) is 0 Å². The number of aryl methyl sites for hydroxylation is 1. The lowest BCUT2D eigenvalue weighted by Gasteiger charge is -2.28. The van der Waals surface area contributed by atoms with Gasteiger partial charge in [-0.2, -0.15) is 0 Å². The van der Waals surface area contributed by atoms with E-state index in [2.05, 4.69) is 13.8 Å². The van der Waals surface area contributed by atoms with Crippen LogP contribution in [0.5, 0.6) is 0 Å². The first-order valence-corrected chi connectivity index (χ1v) is 6.02. The molecule has 0 aliphatic rings. The maximum atomic E-state index is 13.2. The molecule has 1 rings (SSSR count). The van der Waals surface area contributed by atoms with Crippen molar-refractivity contribution < 1.29 is 9.50 Å². The van der Waals surface area contributed by atoms with E-state index in [4.69, 9.17) is 0 Å². The quantitative estimate of drug-likeness (QED) is 0.803. The third-order valence-electron chi connectivity index (χ3n) is 3.02. The summed E-state index contributed by atoms with van der Waals surface area (Å²) in [6.45, 7) is 5.84. The normalized spacial score (nSPS) is 11.8. The maximum Gasteiger partial charge on any atom is 0.126 e. The van der Waals surface area contributed by atoms with Gasteiger partial charge in [0.1, 0.15) is 5.82 Å². The first kappa shape index (κ1) is 13.2. The minimum Gasteiger partial charge on any atom is -0.385 e. The number of hydrogen-bond donors (Lipinski definition) is 1. The number of rotatable bonds is 5. The molecule has 1 nitrogen and oxygen atoms in total. The van der Waals surface area contributed by atoms with Crippen LogP contribution in [-0.4, -0.2) is 5.11 Å². The van der Waals surface area contributed by atoms with Crippen LogP contribution < -0.4 is 0 Å². The van der Waals surface area contributed by atoms with Gasteiger partial charge in [0.15, 0.2) is 0 Å². The zero-order chi connectivity index (χ0) is 12.2. The lowest BCUT2D eigenvalue weighted by molar-refractivity contribution is 0.0168. The van der Waals surface area contributed by atoms with Gasteiger partial charge in [-0.15, -0.1) is 0 Å². The summed E-state index contributed by atoms with van der Waals surface area (Å²) in [4.78, 5) is 0. The van der Waals surface area contributed by atoms with Crippen LogP contribution in [0.4, 0.5) is 4.39 Å². The summed E-state index contributed by atoms with van der Waals surface area (Å²) in [6.07, 6.45) is 3.30. The molecule has 1 aromatic carbocycles. The van der Waals surface area contributed by atoms with Crippen LogP contribution in [-0.2, 0) is 5.60 Å². The molecule has 1 aromatic rings. The molecular formula is C14H21FO. The number of hydrogen-bond acceptors (Lipinski definition) is 1. The van der Waals surface area contributed by atoms with Gasteiger partial charge in [0, 0.05) is 0 Å². The summed E-state index contributed by atoms with van der Waals surface area (Å²) in [5.41, 5.74) is 0.653. The van der Waals surface area contributed by atoms with E-state index < -0.39 is 5.60 Å². The average Bonchev–Trinajstić information content (AvgIpc) is 2.22. The largest absolute Gasteiger partial charge is 0.385 e. The van der Waals surface area contributed by atoms with Gasteiger partial charge in [-0.1, -0.05) is 38.8 Å². The highest BCUT2D eigenvalue weighted by Gasteiger charge is 2.27. The molecule has 0 aromatic heterocycles. The SMILES string of the molecule is CCCC(O)(CCC)c1ccc(F)c(C)c1. The Morgan fingerprint density at radius 3 is 2.19 bits per heavy atom. The Bertz CT molecular complexity index is 341. The van der Waals surface area contributed by atoms with Gasteiger partial charge in [0.25, 0.3) is 0 Å². The van der Waals surface area contributed by atoms with Gasteiger partial charge in [0.2, 0.25) is 0 Å². The predicted molar refractivity (Wildman–Crippen MR) is 64.8 cm³/mol. The van der Waals surface area contributed by atoms with Crippen molar-refractivity contribution in [3.63, 3.8) is 0 Å². The highest BCUT2D eigenvalue weighted by Crippen LogP contribution is 2.32. The molecule has 0 atom stereocenters. The Hall–Kier alpha value is -0.890. The molecule has 16 heavy (non-hydrogen) atoms. The minimum absolute atomic E-state index is 0.209. The van der Waals surface area contributed by atoms with E-state index in [1.54, 1.807) is 19.1 Å². The summed E-state index contributed by atoms with van der Waals surface area (Å²) in [7, 11) is 0. The van der Waals surface area contributed by atoms with Crippen LogP contribution in [0, 0.1) is 12.7 Å². The molecule has 1 N–H and O–H groups in total. The predicted octanol–water partition coefficient (Wildman–Crippen LogP) is 3.92. The summed E-state index contributed by atoms with van der Waals surface area (Å²) < 4.78 is 13.2. The Labute approximate surface area is 97.3 Å². The standard InChI is InChI=1S/C14H21FO/c1-4-8-14(16,9-5-2)12-6-7-13(15)11(3)10-12/h6-7,10,16H,4-5,8-9H2,1-3H3. The smallest absolute Gasteiger partial charge is 0.126 e. The molecule has 0 heterocycles. The van der Waals surface area contributed by atoms with E-state index in [0.29, 0.717) is 5.56 Å². The second-order valence-electron chi connectivity index (χ2n) is 4.50. The second-order valence-corrected chi connectivity index (χ2v) is 4.50. The summed E-state index contributed by atoms with van der Waals surface area (Å²) >= 11 is 0. The van der Waals surface area contributed by atoms with E-state index in [-0.39, 0.29) is 5.82 Å². The Morgan fingerprint density at radius 2 is 1.75 bits per heavy atom. The molecule has 90 valence electrons. The lowest BCUT2D eigenvalue weighted by Crippen LogP contribution is -2.25. The molecule has 0 fully saturated rings. The van der Waals surface area contributed by atoms with Gasteiger partial charge in [-0.25, -0.2) is 4.39 Å². The van der Waals surface area contributed by atoms with Crippen LogP contribution in [0.25, 0.3) is 0 Å². The van der Waals surface area contributed by atoms with Crippen LogP contribution in [0.3, 0.4) is 0 Å². The third-order valence-corrected chi connectivity index (χ3v) is 3.02. The Balaban J connectivity index is 3.05. The number of halogens is 1. The Morgan fingerprint density at radius 1 is 1.19 bits per heavy atom. The Kier molecular flexibility index (Phi) is 4.48. The highest BCUT2D eigenvalue weighted by atomic mass is 19.1. The van der Waals surface area contributed by atoms with Gasteiger partial charge in [0.05, 0.1) is 5.60 Å². The minimum atomic E-state index is -0.790. The van der Waals surface area contributed by atoms with E-state index in [9.17, 15) is 9.50 Å². The van der Waals surface area contributed by atoms with Gasteiger partial charge in [-0.05, 0) is 37.0 Å². The summed E-state index contributed by atoms with van der Waals surface area (Å²) in [5, 5.41) is 10.6. The molecule has 0 radical (unpaired) electrons. The summed E-state index contributed by atoms with van der Waals surface area (Å²) in [6, 6.07) is 4.91. The van der Waals surface area contributed by atoms with Crippen molar-refractivity contribution in [1.29, 1.82) is 0 Å². The van der Waals surface area contributed by atoms with Crippen molar-refractivity contribution >= 4 is 0 Å². The van der Waals surface area contributed by atoms with Crippen LogP contribution in [0.1, 0.15) is 50.7 Å². The van der Waals surface area contributed by atoms with E-state index in [0.717, 1.165) is 31.2 Å². The molecule has 2 heteroatoms. The molecular weight excluding hydrogens is 203 g/mol. The molecule has 0 aliphatic heterocycles. The molecule has 0 aliphatic carbocycles. The zero-order valence-corrected chi connectivity index (χ0v) is 10.4. The van der Waals surface area contributed by atoms with Crippen molar-refractivity contribution in [3.05, 3.63) is 35.1 Å². The monoisotopic (exact) mass is 224 g/mol. The van der Waals surface area contributed by atoms with Crippen molar-refractivity contribution in [2.75, 3.05) is 0 Å². The topological polar surface area (TPSA) is 20.2 Å². The maximum absolute atomic E-state index is 13.2. The fourth-order valence-electron chi connectivity index (χ4n) is 2.17. The molecule has 0 saturated heterocycles. The van der Waals surface area contributed by atoms with Crippen molar-refractivity contribution in [2.24, 2.45) is 0 Å². The first-order chi connectivity index (χ1) is 7.53. The average molecular weight is 224 g/mol. The van der Waals surface area contributed by atoms with E-state index in [1.807, 2.05) is 0 Å². The second kappa shape index (κ2) is 5.44. The van der Waals surface area contributed by atoms with Gasteiger partial charge in [-0.3, -0.25) is 0 Å². The first-order valence-electron chi connectivity index (χ1n) is 6.02. The van der Waals surface area contributed by atoms with Gasteiger partial charge < -0.3 is 5.11 Å². The number of benzene rings is 1. The fraction of sp³-hybridized carbons (Fsp3) is 0.571. The van der Waals surface area contributed by atoms with Crippen molar-refractivity contribution in [3.8, 4) is 0 Å². The zero-order valence-electron chi connectivity index (χ0n) is 10.4. The van der Waals surface area contributed by atoms with Crippen LogP contribution in [0.2, 0.25) is 0 Å². The number of aliphatic hydroxyl groups is 1. The molecule has 0 amide bonds. The van der Waals surface area contributed by atoms with Gasteiger partial charge >= 0.3 is 0 Å². The molecule has 0 spiro atoms. The molecule has 0 unspecified atom stereocenters. The third kappa shape index (κ3) is 2.82. The van der Waals surface area contributed by atoms with Crippen molar-refractivity contribution in [2.45, 2.75) is 52.1 Å². The lowest BCUT2D eigenvalue weighted by atomic mass is 9.85. The van der Waals surface area contributed by atoms with E-state index in [1.165, 1.54) is 6.07 Å². The highest BCUT2D eigenvalue weighted by molar-refractivity contribution is 5.28. The summed E-state index contributed by atoms with van der Waals surface area (Å²) in [5.74, 6) is -0.209. The van der Waals surface area contributed by atoms with Crippen LogP contribution >= 0.6 is 0 Å². The molecule has 0 saturated carbocycles. The van der Waals surface area contributed by atoms with Crippen LogP contribution in [0.15, 0.2) is 18.2 Å².